The van der Waals surface area contributed by atoms with Gasteiger partial charge in [-0.1, -0.05) is 6.92 Å². The van der Waals surface area contributed by atoms with E-state index < -0.39 is 18.6 Å². The van der Waals surface area contributed by atoms with Crippen LogP contribution in [0.25, 0.3) is 0 Å². The number of carbonyl (C=O) groups excluding carboxylic acids is 1. The van der Waals surface area contributed by atoms with E-state index in [-0.39, 0.29) is 11.7 Å². The normalized spacial score (nSPS) is 14.9. The first-order valence-corrected chi connectivity index (χ1v) is 6.98. The molecule has 7 heteroatoms. The van der Waals surface area contributed by atoms with Gasteiger partial charge >= 0.3 is 6.18 Å². The predicted molar refractivity (Wildman–Crippen MR) is 73.1 cm³/mol. The quantitative estimate of drug-likeness (QED) is 0.878. The summed E-state index contributed by atoms with van der Waals surface area (Å²) in [5, 5.41) is 3.09. The lowest BCUT2D eigenvalue weighted by Crippen LogP contribution is -2.40. The van der Waals surface area contributed by atoms with Gasteiger partial charge in [-0.3, -0.25) is 9.78 Å². The molecule has 4 nitrogen and oxygen atoms in total. The predicted octanol–water partition coefficient (Wildman–Crippen LogP) is 3.07. The van der Waals surface area contributed by atoms with Gasteiger partial charge in [0.25, 0.3) is 5.91 Å². The molecule has 0 atom stereocenters. The summed E-state index contributed by atoms with van der Waals surface area (Å²) in [6, 6.07) is 2.88. The van der Waals surface area contributed by atoms with Crippen molar-refractivity contribution >= 4 is 11.6 Å². The summed E-state index contributed by atoms with van der Waals surface area (Å²) in [5.74, 6) is -0.657. The molecule has 1 N–H and O–H groups in total. The largest absolute Gasteiger partial charge is 0.406 e. The maximum absolute atomic E-state index is 12.6. The second kappa shape index (κ2) is 6.32. The number of pyridine rings is 1. The van der Waals surface area contributed by atoms with Crippen molar-refractivity contribution in [2.75, 3.05) is 18.4 Å². The lowest BCUT2D eigenvalue weighted by atomic mass is 10.2. The van der Waals surface area contributed by atoms with Gasteiger partial charge in [0.2, 0.25) is 0 Å². The molecule has 1 saturated carbocycles. The van der Waals surface area contributed by atoms with Crippen molar-refractivity contribution in [2.45, 2.75) is 38.4 Å². The van der Waals surface area contributed by atoms with Gasteiger partial charge in [-0.2, -0.15) is 13.2 Å². The molecule has 1 aliphatic rings. The molecular weight excluding hydrogens is 283 g/mol. The highest BCUT2D eigenvalue weighted by Gasteiger charge is 2.41. The Balaban J connectivity index is 2.12. The summed E-state index contributed by atoms with van der Waals surface area (Å²) in [6.45, 7) is 1.51. The van der Waals surface area contributed by atoms with Crippen LogP contribution in [0.5, 0.6) is 0 Å². The van der Waals surface area contributed by atoms with Crippen molar-refractivity contribution < 1.29 is 18.0 Å². The van der Waals surface area contributed by atoms with E-state index >= 15 is 0 Å². The maximum Gasteiger partial charge on any atom is 0.406 e. The highest BCUT2D eigenvalue weighted by Crippen LogP contribution is 2.31. The number of alkyl halides is 3. The minimum Gasteiger partial charge on any atom is -0.385 e. The second-order valence-corrected chi connectivity index (χ2v) is 5.14. The standard InChI is InChI=1S/C14H18F3N3O/c1-2-6-18-10-5-7-19-12(8-10)13(21)20(11-3-4-11)9-14(15,16)17/h5,7-8,11H,2-4,6,9H2,1H3,(H,18,19). The fourth-order valence-electron chi connectivity index (χ4n) is 2.02. The highest BCUT2D eigenvalue weighted by atomic mass is 19.4. The molecule has 1 aromatic heterocycles. The van der Waals surface area contributed by atoms with Gasteiger partial charge in [0.15, 0.2) is 0 Å². The van der Waals surface area contributed by atoms with Crippen molar-refractivity contribution in [1.82, 2.24) is 9.88 Å². The van der Waals surface area contributed by atoms with Crippen LogP contribution in [0.1, 0.15) is 36.7 Å². The van der Waals surface area contributed by atoms with E-state index in [1.165, 1.54) is 12.3 Å². The molecule has 116 valence electrons. The summed E-state index contributed by atoms with van der Waals surface area (Å²) >= 11 is 0. The van der Waals surface area contributed by atoms with E-state index in [1.54, 1.807) is 6.07 Å². The number of nitrogens with zero attached hydrogens (tertiary/aromatic N) is 2. The first-order valence-electron chi connectivity index (χ1n) is 6.98. The number of anilines is 1. The molecule has 1 fully saturated rings. The molecule has 0 radical (unpaired) electrons. The average molecular weight is 301 g/mol. The van der Waals surface area contributed by atoms with Crippen LogP contribution in [0.15, 0.2) is 18.3 Å². The fourth-order valence-corrected chi connectivity index (χ4v) is 2.02. The molecule has 1 amide bonds. The topological polar surface area (TPSA) is 45.2 Å². The summed E-state index contributed by atoms with van der Waals surface area (Å²) in [6.07, 6.45) is -0.806. The first kappa shape index (κ1) is 15.6. The first-order chi connectivity index (χ1) is 9.90. The number of carbonyl (C=O) groups is 1. The number of amides is 1. The minimum atomic E-state index is -4.39. The molecule has 1 aromatic rings. The number of hydrogen-bond acceptors (Lipinski definition) is 3. The van der Waals surface area contributed by atoms with Crippen molar-refractivity contribution in [3.8, 4) is 0 Å². The summed E-state index contributed by atoms with van der Waals surface area (Å²) in [5.41, 5.74) is 0.741. The van der Waals surface area contributed by atoms with E-state index in [0.717, 1.165) is 17.9 Å². The van der Waals surface area contributed by atoms with E-state index in [2.05, 4.69) is 10.3 Å². The SMILES string of the molecule is CCCNc1ccnc(C(=O)N(CC(F)(F)F)C2CC2)c1. The molecule has 0 saturated heterocycles. The Morgan fingerprint density at radius 3 is 2.76 bits per heavy atom. The van der Waals surface area contributed by atoms with Gasteiger partial charge in [0.05, 0.1) is 0 Å². The number of hydrogen-bond donors (Lipinski definition) is 1. The van der Waals surface area contributed by atoms with Gasteiger partial charge in [0.1, 0.15) is 12.2 Å². The molecule has 21 heavy (non-hydrogen) atoms. The van der Waals surface area contributed by atoms with Crippen molar-refractivity contribution in [3.63, 3.8) is 0 Å². The summed E-state index contributed by atoms with van der Waals surface area (Å²) in [7, 11) is 0. The van der Waals surface area contributed by atoms with Crippen LogP contribution in [0, 0.1) is 0 Å². The monoisotopic (exact) mass is 301 g/mol. The van der Waals surface area contributed by atoms with Crippen LogP contribution in [0.3, 0.4) is 0 Å². The Hall–Kier alpha value is -1.79. The summed E-state index contributed by atoms with van der Waals surface area (Å²) < 4.78 is 37.8. The number of aromatic nitrogens is 1. The molecular formula is C14H18F3N3O. The van der Waals surface area contributed by atoms with Gasteiger partial charge in [-0.15, -0.1) is 0 Å². The highest BCUT2D eigenvalue weighted by molar-refractivity contribution is 5.93. The maximum atomic E-state index is 12.6. The Labute approximate surface area is 121 Å². The van der Waals surface area contributed by atoms with Crippen LogP contribution in [0.2, 0.25) is 0 Å². The fraction of sp³-hybridized carbons (Fsp3) is 0.571. The van der Waals surface area contributed by atoms with E-state index in [0.29, 0.717) is 18.5 Å². The number of rotatable bonds is 6. The molecule has 2 rings (SSSR count). The molecule has 0 spiro atoms. The van der Waals surface area contributed by atoms with Crippen LogP contribution < -0.4 is 5.32 Å². The Morgan fingerprint density at radius 2 is 2.19 bits per heavy atom. The molecule has 1 aliphatic carbocycles. The number of nitrogens with one attached hydrogen (secondary N) is 1. The van der Waals surface area contributed by atoms with Gasteiger partial charge in [-0.05, 0) is 31.4 Å². The lowest BCUT2D eigenvalue weighted by molar-refractivity contribution is -0.141. The third-order valence-electron chi connectivity index (χ3n) is 3.16. The van der Waals surface area contributed by atoms with Crippen LogP contribution >= 0.6 is 0 Å². The zero-order valence-electron chi connectivity index (χ0n) is 11.8. The van der Waals surface area contributed by atoms with Crippen molar-refractivity contribution in [2.24, 2.45) is 0 Å². The van der Waals surface area contributed by atoms with Gasteiger partial charge in [0, 0.05) is 24.5 Å². The smallest absolute Gasteiger partial charge is 0.385 e. The molecule has 0 bridgehead atoms. The van der Waals surface area contributed by atoms with Crippen molar-refractivity contribution in [1.29, 1.82) is 0 Å². The van der Waals surface area contributed by atoms with E-state index in [4.69, 9.17) is 0 Å². The third kappa shape index (κ3) is 4.61. The number of halogens is 3. The summed E-state index contributed by atoms with van der Waals surface area (Å²) in [4.78, 5) is 17.1. The van der Waals surface area contributed by atoms with E-state index in [1.807, 2.05) is 6.92 Å². The molecule has 0 unspecified atom stereocenters. The second-order valence-electron chi connectivity index (χ2n) is 5.14. The van der Waals surface area contributed by atoms with Crippen LogP contribution in [-0.4, -0.2) is 41.1 Å². The zero-order chi connectivity index (χ0) is 15.5. The van der Waals surface area contributed by atoms with Gasteiger partial charge in [-0.25, -0.2) is 0 Å². The zero-order valence-corrected chi connectivity index (χ0v) is 11.8. The van der Waals surface area contributed by atoms with Crippen LogP contribution in [-0.2, 0) is 0 Å². The van der Waals surface area contributed by atoms with Crippen molar-refractivity contribution in [3.05, 3.63) is 24.0 Å². The molecule has 1 heterocycles. The average Bonchev–Trinajstić information content (AvgIpc) is 3.25. The third-order valence-corrected chi connectivity index (χ3v) is 3.16. The minimum absolute atomic E-state index is 0.0484. The van der Waals surface area contributed by atoms with Gasteiger partial charge < -0.3 is 10.2 Å². The van der Waals surface area contributed by atoms with E-state index in [9.17, 15) is 18.0 Å². The van der Waals surface area contributed by atoms with Crippen LogP contribution in [0.4, 0.5) is 18.9 Å². The Kier molecular flexibility index (Phi) is 4.69. The molecule has 0 aromatic carbocycles. The Morgan fingerprint density at radius 1 is 1.48 bits per heavy atom. The Bertz CT molecular complexity index is 500. The molecule has 0 aliphatic heterocycles. The lowest BCUT2D eigenvalue weighted by Gasteiger charge is -2.23.